The number of nitriles is 1. The van der Waals surface area contributed by atoms with Crippen LogP contribution in [0.3, 0.4) is 0 Å². The maximum Gasteiger partial charge on any atom is 0.284 e. The number of nitrogens with zero attached hydrogens (tertiary/aromatic N) is 3. The molecule has 2 aromatic rings. The zero-order valence-electron chi connectivity index (χ0n) is 10.0. The van der Waals surface area contributed by atoms with E-state index in [0.29, 0.717) is 5.56 Å². The van der Waals surface area contributed by atoms with E-state index >= 15 is 0 Å². The minimum Gasteiger partial charge on any atom is -0.268 e. The van der Waals surface area contributed by atoms with E-state index in [-0.39, 0.29) is 22.0 Å². The highest BCUT2D eigenvalue weighted by Gasteiger charge is 2.38. The number of carbonyl (C=O) groups excluding carboxylic acids is 2. The van der Waals surface area contributed by atoms with Gasteiger partial charge in [-0.2, -0.15) is 5.26 Å². The zero-order chi connectivity index (χ0) is 14.3. The van der Waals surface area contributed by atoms with Gasteiger partial charge in [-0.15, -0.1) is 0 Å². The fraction of sp³-hybridized carbons (Fsp3) is 0. The Kier molecular flexibility index (Phi) is 2.74. The molecule has 1 aromatic heterocycles. The number of pyridine rings is 1. The lowest BCUT2D eigenvalue weighted by Gasteiger charge is -2.15. The molecule has 0 fully saturated rings. The van der Waals surface area contributed by atoms with Crippen molar-refractivity contribution in [3.63, 3.8) is 0 Å². The van der Waals surface area contributed by atoms with Crippen molar-refractivity contribution in [1.82, 2.24) is 4.98 Å². The summed E-state index contributed by atoms with van der Waals surface area (Å²) in [5.74, 6) is -1.03. The second kappa shape index (κ2) is 4.44. The fourth-order valence-corrected chi connectivity index (χ4v) is 2.24. The number of amides is 2. The van der Waals surface area contributed by atoms with E-state index in [1.807, 2.05) is 6.07 Å². The van der Waals surface area contributed by atoms with Crippen LogP contribution in [-0.4, -0.2) is 16.8 Å². The van der Waals surface area contributed by atoms with E-state index in [1.165, 1.54) is 30.5 Å². The van der Waals surface area contributed by atoms with Crippen LogP contribution in [0, 0.1) is 11.3 Å². The van der Waals surface area contributed by atoms with Crippen molar-refractivity contribution in [3.05, 3.63) is 58.4 Å². The highest BCUT2D eigenvalue weighted by atomic mass is 35.5. The third-order valence-electron chi connectivity index (χ3n) is 2.96. The van der Waals surface area contributed by atoms with Gasteiger partial charge in [0.2, 0.25) is 0 Å². The van der Waals surface area contributed by atoms with Crippen molar-refractivity contribution in [1.29, 1.82) is 5.26 Å². The molecule has 0 unspecified atom stereocenters. The Balaban J connectivity index is 2.17. The maximum absolute atomic E-state index is 12.3. The molecule has 0 N–H and O–H groups in total. The molecule has 0 spiro atoms. The number of hydrogen-bond acceptors (Lipinski definition) is 4. The smallest absolute Gasteiger partial charge is 0.268 e. The number of fused-ring (bicyclic) bond motifs is 1. The van der Waals surface area contributed by atoms with E-state index in [4.69, 9.17) is 16.9 Å². The summed E-state index contributed by atoms with van der Waals surface area (Å²) in [5.41, 5.74) is 0.833. The number of benzene rings is 1. The molecule has 0 saturated heterocycles. The summed E-state index contributed by atoms with van der Waals surface area (Å²) in [6.07, 6.45) is 1.45. The van der Waals surface area contributed by atoms with Crippen molar-refractivity contribution in [2.24, 2.45) is 0 Å². The number of anilines is 1. The number of carbonyl (C=O) groups is 2. The molecular weight excluding hydrogens is 278 g/mol. The van der Waals surface area contributed by atoms with E-state index in [9.17, 15) is 9.59 Å². The summed E-state index contributed by atoms with van der Waals surface area (Å²) in [5, 5.41) is 9.13. The molecule has 5 nitrogen and oxygen atoms in total. The Morgan fingerprint density at radius 2 is 2.00 bits per heavy atom. The first-order valence-electron chi connectivity index (χ1n) is 5.67. The van der Waals surface area contributed by atoms with E-state index in [2.05, 4.69) is 4.98 Å². The lowest BCUT2D eigenvalue weighted by molar-refractivity contribution is 0.0924. The Bertz CT molecular complexity index is 760. The Labute approximate surface area is 119 Å². The number of aromatic nitrogens is 1. The van der Waals surface area contributed by atoms with Gasteiger partial charge >= 0.3 is 0 Å². The molecule has 0 atom stereocenters. The van der Waals surface area contributed by atoms with Gasteiger partial charge in [-0.25, -0.2) is 4.90 Å². The van der Waals surface area contributed by atoms with Gasteiger partial charge in [0, 0.05) is 6.20 Å². The summed E-state index contributed by atoms with van der Waals surface area (Å²) in [4.78, 5) is 29.4. The van der Waals surface area contributed by atoms with Gasteiger partial charge in [0.15, 0.2) is 0 Å². The van der Waals surface area contributed by atoms with Gasteiger partial charge in [0.1, 0.15) is 5.69 Å². The first-order chi connectivity index (χ1) is 9.63. The number of rotatable bonds is 1. The second-order valence-corrected chi connectivity index (χ2v) is 4.53. The molecule has 2 heterocycles. The van der Waals surface area contributed by atoms with Crippen LogP contribution in [0.15, 0.2) is 36.5 Å². The van der Waals surface area contributed by atoms with Crippen molar-refractivity contribution < 1.29 is 9.59 Å². The van der Waals surface area contributed by atoms with Crippen LogP contribution in [0.1, 0.15) is 26.4 Å². The van der Waals surface area contributed by atoms with Gasteiger partial charge in [0.05, 0.1) is 27.9 Å². The molecule has 96 valence electrons. The van der Waals surface area contributed by atoms with Crippen molar-refractivity contribution in [2.45, 2.75) is 0 Å². The Morgan fingerprint density at radius 1 is 1.20 bits per heavy atom. The summed E-state index contributed by atoms with van der Waals surface area (Å²) in [7, 11) is 0. The average molecular weight is 284 g/mol. The number of halogens is 1. The Morgan fingerprint density at radius 3 is 2.70 bits per heavy atom. The first kappa shape index (κ1) is 12.3. The van der Waals surface area contributed by atoms with Crippen LogP contribution in [0.5, 0.6) is 0 Å². The SMILES string of the molecule is N#Cc1ccc(Cl)c(N2C(=O)c3cccnc3C2=O)c1. The molecular formula is C14H6ClN3O2. The Hall–Kier alpha value is -2.71. The molecule has 0 aliphatic carbocycles. The first-order valence-corrected chi connectivity index (χ1v) is 6.04. The predicted octanol–water partition coefficient (Wildman–Crippen LogP) is 2.41. The molecule has 0 bridgehead atoms. The minimum absolute atomic E-state index is 0.0935. The zero-order valence-corrected chi connectivity index (χ0v) is 10.8. The monoisotopic (exact) mass is 283 g/mol. The third kappa shape index (κ3) is 1.67. The van der Waals surface area contributed by atoms with Crippen LogP contribution in [0.4, 0.5) is 5.69 Å². The molecule has 1 aromatic carbocycles. The second-order valence-electron chi connectivity index (χ2n) is 4.12. The third-order valence-corrected chi connectivity index (χ3v) is 3.28. The lowest BCUT2D eigenvalue weighted by Crippen LogP contribution is -2.29. The fourth-order valence-electron chi connectivity index (χ4n) is 2.04. The molecule has 0 saturated carbocycles. The van der Waals surface area contributed by atoms with E-state index < -0.39 is 11.8 Å². The van der Waals surface area contributed by atoms with E-state index in [1.54, 1.807) is 6.07 Å². The van der Waals surface area contributed by atoms with Crippen LogP contribution < -0.4 is 4.90 Å². The van der Waals surface area contributed by atoms with Crippen molar-refractivity contribution >= 4 is 29.1 Å². The largest absolute Gasteiger partial charge is 0.284 e. The lowest BCUT2D eigenvalue weighted by atomic mass is 10.2. The summed E-state index contributed by atoms with van der Waals surface area (Å²) >= 11 is 6.03. The minimum atomic E-state index is -0.539. The van der Waals surface area contributed by atoms with Crippen molar-refractivity contribution in [2.75, 3.05) is 4.90 Å². The molecule has 2 amide bonds. The predicted molar refractivity (Wildman–Crippen MR) is 71.5 cm³/mol. The average Bonchev–Trinajstić information content (AvgIpc) is 2.72. The summed E-state index contributed by atoms with van der Waals surface area (Å²) in [6.45, 7) is 0. The molecule has 1 aliphatic rings. The molecule has 20 heavy (non-hydrogen) atoms. The van der Waals surface area contributed by atoms with Gasteiger partial charge in [-0.05, 0) is 30.3 Å². The normalized spacial score (nSPS) is 13.3. The highest BCUT2D eigenvalue weighted by Crippen LogP contribution is 2.33. The standard InChI is InChI=1S/C14H6ClN3O2/c15-10-4-3-8(7-16)6-11(10)18-13(19)9-2-1-5-17-12(9)14(18)20/h1-6H. The van der Waals surface area contributed by atoms with E-state index in [0.717, 1.165) is 4.90 Å². The van der Waals surface area contributed by atoms with Crippen LogP contribution in [0.2, 0.25) is 5.02 Å². The summed E-state index contributed by atoms with van der Waals surface area (Å²) in [6, 6.07) is 9.46. The number of hydrogen-bond donors (Lipinski definition) is 0. The van der Waals surface area contributed by atoms with Gasteiger partial charge in [-0.3, -0.25) is 14.6 Å². The molecule has 6 heteroatoms. The molecule has 1 aliphatic heterocycles. The van der Waals surface area contributed by atoms with Gasteiger partial charge in [0.25, 0.3) is 11.8 Å². The van der Waals surface area contributed by atoms with Crippen LogP contribution in [0.25, 0.3) is 0 Å². The topological polar surface area (TPSA) is 74.1 Å². The molecule has 0 radical (unpaired) electrons. The van der Waals surface area contributed by atoms with Crippen molar-refractivity contribution in [3.8, 4) is 6.07 Å². The van der Waals surface area contributed by atoms with Gasteiger partial charge in [-0.1, -0.05) is 11.6 Å². The number of imide groups is 1. The quantitative estimate of drug-likeness (QED) is 0.753. The molecule has 3 rings (SSSR count). The summed E-state index contributed by atoms with van der Waals surface area (Å²) < 4.78 is 0. The van der Waals surface area contributed by atoms with Gasteiger partial charge < -0.3 is 0 Å². The maximum atomic E-state index is 12.3. The van der Waals surface area contributed by atoms with Crippen LogP contribution >= 0.6 is 11.6 Å². The highest BCUT2D eigenvalue weighted by molar-refractivity contribution is 6.39. The van der Waals surface area contributed by atoms with Crippen LogP contribution in [-0.2, 0) is 0 Å².